The summed E-state index contributed by atoms with van der Waals surface area (Å²) < 4.78 is 5.74. The Kier molecular flexibility index (Phi) is 4.57. The summed E-state index contributed by atoms with van der Waals surface area (Å²) >= 11 is 13.3. The van der Waals surface area contributed by atoms with Gasteiger partial charge in [0.15, 0.2) is 0 Å². The van der Waals surface area contributed by atoms with Crippen molar-refractivity contribution < 1.29 is 0 Å². The lowest BCUT2D eigenvalue weighted by atomic mass is 10.3. The Balaban J connectivity index is 1.26. The third-order valence-electron chi connectivity index (χ3n) is 5.05. The molecule has 0 N–H and O–H groups in total. The minimum absolute atomic E-state index is 1.36. The van der Waals surface area contributed by atoms with Crippen molar-refractivity contribution in [3.05, 3.63) is 71.4 Å². The van der Waals surface area contributed by atoms with E-state index in [1.165, 1.54) is 57.8 Å². The Labute approximate surface area is 207 Å². The first-order valence-corrected chi connectivity index (χ1v) is 15.4. The molecule has 0 saturated heterocycles. The standard InChI is InChI=1S/C24H12S7/c1-3-13(25-9-1)15-5-7-17(27-15)19-11-21-23(30-19)24-22(29-21)12-20(31-24)18-8-6-16(28-18)14-4-2-10-26-14/h1-12H. The Morgan fingerprint density at radius 3 is 1.26 bits per heavy atom. The van der Waals surface area contributed by atoms with Gasteiger partial charge in [-0.05, 0) is 59.3 Å². The van der Waals surface area contributed by atoms with E-state index < -0.39 is 0 Å². The van der Waals surface area contributed by atoms with E-state index in [9.17, 15) is 0 Å². The zero-order valence-electron chi connectivity index (χ0n) is 15.8. The average molecular weight is 525 g/mol. The van der Waals surface area contributed by atoms with Crippen LogP contribution in [-0.4, -0.2) is 0 Å². The molecule has 0 saturated carbocycles. The van der Waals surface area contributed by atoms with Crippen LogP contribution >= 0.6 is 79.4 Å². The van der Waals surface area contributed by atoms with E-state index in [2.05, 4.69) is 71.4 Å². The molecule has 0 radical (unpaired) electrons. The molecule has 0 spiro atoms. The van der Waals surface area contributed by atoms with Crippen LogP contribution in [0.2, 0.25) is 0 Å². The molecule has 0 atom stereocenters. The van der Waals surface area contributed by atoms with Crippen LogP contribution in [0.3, 0.4) is 0 Å². The maximum absolute atomic E-state index is 2.39. The molecular formula is C24H12S7. The van der Waals surface area contributed by atoms with Gasteiger partial charge in [0, 0.05) is 48.4 Å². The summed E-state index contributed by atoms with van der Waals surface area (Å²) in [4.78, 5) is 11.0. The fraction of sp³-hybridized carbons (Fsp3) is 0. The molecule has 7 heteroatoms. The second-order valence-electron chi connectivity index (χ2n) is 6.99. The minimum atomic E-state index is 1.36. The van der Waals surface area contributed by atoms with Crippen LogP contribution in [-0.2, 0) is 0 Å². The van der Waals surface area contributed by atoms with E-state index in [1.54, 1.807) is 0 Å². The molecule has 7 rings (SSSR count). The highest BCUT2D eigenvalue weighted by molar-refractivity contribution is 7.41. The second kappa shape index (κ2) is 7.49. The van der Waals surface area contributed by atoms with Crippen LogP contribution in [0.15, 0.2) is 71.4 Å². The SMILES string of the molecule is c1csc(-c2ccc(-c3cc4sc5cc(-c6ccc(-c7cccs7)s6)sc5c4s3)s2)c1. The van der Waals surface area contributed by atoms with Crippen molar-refractivity contribution in [1.29, 1.82) is 0 Å². The predicted molar refractivity (Wildman–Crippen MR) is 148 cm³/mol. The van der Waals surface area contributed by atoms with Gasteiger partial charge in [0.05, 0.1) is 9.40 Å². The van der Waals surface area contributed by atoms with Crippen LogP contribution in [0.5, 0.6) is 0 Å². The molecule has 0 unspecified atom stereocenters. The minimum Gasteiger partial charge on any atom is -0.143 e. The number of hydrogen-bond acceptors (Lipinski definition) is 7. The summed E-state index contributed by atoms with van der Waals surface area (Å²) in [5.74, 6) is 0. The summed E-state index contributed by atoms with van der Waals surface area (Å²) in [6.07, 6.45) is 0. The third-order valence-corrected chi connectivity index (χ3v) is 13.5. The molecule has 0 aromatic carbocycles. The van der Waals surface area contributed by atoms with Crippen molar-refractivity contribution in [2.24, 2.45) is 0 Å². The Morgan fingerprint density at radius 1 is 0.387 bits per heavy atom. The van der Waals surface area contributed by atoms with Gasteiger partial charge in [0.25, 0.3) is 0 Å². The topological polar surface area (TPSA) is 0 Å². The monoisotopic (exact) mass is 524 g/mol. The average Bonchev–Trinajstić information content (AvgIpc) is 3.58. The van der Waals surface area contributed by atoms with E-state index in [-0.39, 0.29) is 0 Å². The first-order chi connectivity index (χ1) is 15.3. The van der Waals surface area contributed by atoms with Gasteiger partial charge in [-0.2, -0.15) is 0 Å². The molecule has 7 aromatic heterocycles. The number of thiophene rings is 7. The highest BCUT2D eigenvalue weighted by atomic mass is 32.1. The van der Waals surface area contributed by atoms with Crippen LogP contribution in [0.1, 0.15) is 0 Å². The van der Waals surface area contributed by atoms with Gasteiger partial charge in [-0.15, -0.1) is 79.4 Å². The highest BCUT2D eigenvalue weighted by Gasteiger charge is 2.17. The fourth-order valence-electron chi connectivity index (χ4n) is 3.62. The van der Waals surface area contributed by atoms with Gasteiger partial charge in [-0.3, -0.25) is 0 Å². The molecule has 7 heterocycles. The molecule has 150 valence electrons. The first kappa shape index (κ1) is 18.9. The molecular weight excluding hydrogens is 513 g/mol. The van der Waals surface area contributed by atoms with Gasteiger partial charge in [-0.1, -0.05) is 12.1 Å². The van der Waals surface area contributed by atoms with Crippen molar-refractivity contribution in [1.82, 2.24) is 0 Å². The zero-order valence-corrected chi connectivity index (χ0v) is 21.5. The van der Waals surface area contributed by atoms with Crippen molar-refractivity contribution in [3.8, 4) is 39.0 Å². The molecule has 7 aromatic rings. The van der Waals surface area contributed by atoms with E-state index >= 15 is 0 Å². The van der Waals surface area contributed by atoms with E-state index in [4.69, 9.17) is 0 Å². The molecule has 0 aliphatic rings. The lowest BCUT2D eigenvalue weighted by molar-refractivity contribution is 1.92. The summed E-state index contributed by atoms with van der Waals surface area (Å²) in [5.41, 5.74) is 0. The highest BCUT2D eigenvalue weighted by Crippen LogP contribution is 2.50. The largest absolute Gasteiger partial charge is 0.143 e. The smallest absolute Gasteiger partial charge is 0.0636 e. The summed E-state index contributed by atoms with van der Waals surface area (Å²) in [5, 5.41) is 4.30. The Hall–Kier alpha value is -1.58. The van der Waals surface area contributed by atoms with Crippen LogP contribution < -0.4 is 0 Å². The lowest BCUT2D eigenvalue weighted by Crippen LogP contribution is -1.58. The summed E-state index contributed by atoms with van der Waals surface area (Å²) in [7, 11) is 0. The number of hydrogen-bond donors (Lipinski definition) is 0. The fourth-order valence-corrected chi connectivity index (χ4v) is 11.5. The maximum Gasteiger partial charge on any atom is 0.0636 e. The van der Waals surface area contributed by atoms with Crippen molar-refractivity contribution in [2.75, 3.05) is 0 Å². The van der Waals surface area contributed by atoms with E-state index in [0.717, 1.165) is 0 Å². The van der Waals surface area contributed by atoms with Crippen molar-refractivity contribution in [3.63, 3.8) is 0 Å². The predicted octanol–water partition coefficient (Wildman–Crippen LogP) is 11.1. The quantitative estimate of drug-likeness (QED) is 0.215. The number of fused-ring (bicyclic) bond motifs is 3. The van der Waals surface area contributed by atoms with Gasteiger partial charge in [0.1, 0.15) is 0 Å². The normalized spacial score (nSPS) is 11.9. The van der Waals surface area contributed by atoms with Crippen LogP contribution in [0, 0.1) is 0 Å². The van der Waals surface area contributed by atoms with Crippen molar-refractivity contribution >= 4 is 98.2 Å². The van der Waals surface area contributed by atoms with Crippen LogP contribution in [0.25, 0.3) is 57.8 Å². The van der Waals surface area contributed by atoms with Crippen LogP contribution in [0.4, 0.5) is 0 Å². The summed E-state index contributed by atoms with van der Waals surface area (Å²) in [6, 6.07) is 22.5. The molecule has 0 fully saturated rings. The molecule has 0 nitrogen and oxygen atoms in total. The van der Waals surface area contributed by atoms with Gasteiger partial charge in [0.2, 0.25) is 0 Å². The van der Waals surface area contributed by atoms with Crippen molar-refractivity contribution in [2.45, 2.75) is 0 Å². The Morgan fingerprint density at radius 2 is 0.839 bits per heavy atom. The van der Waals surface area contributed by atoms with Gasteiger partial charge >= 0.3 is 0 Å². The van der Waals surface area contributed by atoms with E-state index in [0.29, 0.717) is 0 Å². The second-order valence-corrected chi connectivity index (χ2v) is 14.2. The molecule has 0 aliphatic heterocycles. The molecule has 0 bridgehead atoms. The summed E-state index contributed by atoms with van der Waals surface area (Å²) in [6.45, 7) is 0. The lowest BCUT2D eigenvalue weighted by Gasteiger charge is -1.90. The zero-order chi connectivity index (χ0) is 20.4. The number of rotatable bonds is 4. The molecule has 0 aliphatic carbocycles. The Bertz CT molecular complexity index is 1500. The first-order valence-electron chi connectivity index (χ1n) is 9.56. The molecule has 0 amide bonds. The van der Waals surface area contributed by atoms with Gasteiger partial charge in [-0.25, -0.2) is 0 Å². The third kappa shape index (κ3) is 3.23. The van der Waals surface area contributed by atoms with E-state index in [1.807, 2.05) is 79.4 Å². The molecule has 31 heavy (non-hydrogen) atoms. The van der Waals surface area contributed by atoms with Gasteiger partial charge < -0.3 is 0 Å². The maximum atomic E-state index is 2.39.